The molecular weight excluding hydrogens is 348 g/mol. The van der Waals surface area contributed by atoms with Crippen molar-refractivity contribution >= 4 is 10.9 Å². The van der Waals surface area contributed by atoms with E-state index in [1.807, 2.05) is 24.7 Å². The third kappa shape index (κ3) is 2.94. The molecule has 4 aromatic rings. The van der Waals surface area contributed by atoms with Crippen LogP contribution >= 0.6 is 0 Å². The topological polar surface area (TPSA) is 54.0 Å². The van der Waals surface area contributed by atoms with Crippen LogP contribution in [0.25, 0.3) is 10.9 Å². The van der Waals surface area contributed by atoms with E-state index in [2.05, 4.69) is 62.3 Å². The summed E-state index contributed by atoms with van der Waals surface area (Å²) in [5.74, 6) is 0.870. The van der Waals surface area contributed by atoms with Crippen molar-refractivity contribution in [3.63, 3.8) is 0 Å². The first-order valence-corrected chi connectivity index (χ1v) is 9.56. The van der Waals surface area contributed by atoms with Crippen LogP contribution in [0.3, 0.4) is 0 Å². The van der Waals surface area contributed by atoms with E-state index in [4.69, 9.17) is 4.74 Å². The number of fused-ring (bicyclic) bond motifs is 2. The Kier molecular flexibility index (Phi) is 4.29. The number of nitrogens with one attached hydrogen (secondary N) is 1. The van der Waals surface area contributed by atoms with Crippen molar-refractivity contribution in [2.45, 2.75) is 19.0 Å². The van der Waals surface area contributed by atoms with Gasteiger partial charge in [-0.1, -0.05) is 30.3 Å². The zero-order chi connectivity index (χ0) is 18.9. The number of H-pyrrole nitrogens is 1. The highest BCUT2D eigenvalue weighted by molar-refractivity contribution is 5.81. The molecule has 5 heteroatoms. The molecule has 1 N–H and O–H groups in total. The number of hydrogen-bond acceptors (Lipinski definition) is 4. The maximum absolute atomic E-state index is 5.47. The molecule has 0 aliphatic carbocycles. The van der Waals surface area contributed by atoms with Crippen molar-refractivity contribution in [2.24, 2.45) is 0 Å². The molecule has 0 fully saturated rings. The second-order valence-electron chi connectivity index (χ2n) is 7.15. The number of aromatic nitrogens is 3. The summed E-state index contributed by atoms with van der Waals surface area (Å²) < 4.78 is 5.47. The number of para-hydroxylation sites is 1. The third-order valence-corrected chi connectivity index (χ3v) is 5.55. The Morgan fingerprint density at radius 3 is 2.96 bits per heavy atom. The molecule has 28 heavy (non-hydrogen) atoms. The van der Waals surface area contributed by atoms with Crippen molar-refractivity contribution in [3.8, 4) is 5.75 Å². The molecule has 1 atom stereocenters. The predicted octanol–water partition coefficient (Wildman–Crippen LogP) is 4.11. The fraction of sp³-hybridized carbons (Fsp3) is 0.217. The Balaban J connectivity index is 1.57. The molecule has 2 aromatic heterocycles. The fourth-order valence-corrected chi connectivity index (χ4v) is 4.19. The summed E-state index contributed by atoms with van der Waals surface area (Å²) in [6.45, 7) is 1.81. The van der Waals surface area contributed by atoms with Gasteiger partial charge >= 0.3 is 0 Å². The molecule has 1 aliphatic heterocycles. The van der Waals surface area contributed by atoms with Crippen molar-refractivity contribution in [1.82, 2.24) is 19.9 Å². The summed E-state index contributed by atoms with van der Waals surface area (Å²) in [6, 6.07) is 18.9. The van der Waals surface area contributed by atoms with Gasteiger partial charge in [0, 0.05) is 36.8 Å². The Hall–Kier alpha value is -3.18. The van der Waals surface area contributed by atoms with Gasteiger partial charge in [-0.15, -0.1) is 0 Å². The summed E-state index contributed by atoms with van der Waals surface area (Å²) in [7, 11) is 1.71. The van der Waals surface area contributed by atoms with E-state index in [1.54, 1.807) is 7.11 Å². The number of benzene rings is 2. The van der Waals surface area contributed by atoms with Gasteiger partial charge in [-0.25, -0.2) is 4.98 Å². The van der Waals surface area contributed by atoms with Crippen molar-refractivity contribution in [1.29, 1.82) is 0 Å². The second-order valence-corrected chi connectivity index (χ2v) is 7.15. The van der Waals surface area contributed by atoms with Crippen LogP contribution in [0.4, 0.5) is 0 Å². The number of aromatic amines is 1. The van der Waals surface area contributed by atoms with Gasteiger partial charge in [0.1, 0.15) is 5.75 Å². The summed E-state index contributed by atoms with van der Waals surface area (Å²) >= 11 is 0. The van der Waals surface area contributed by atoms with Gasteiger partial charge in [-0.05, 0) is 35.4 Å². The molecule has 0 bridgehead atoms. The third-order valence-electron chi connectivity index (χ3n) is 5.55. The van der Waals surface area contributed by atoms with E-state index in [9.17, 15) is 0 Å². The van der Waals surface area contributed by atoms with Crippen LogP contribution in [-0.4, -0.2) is 33.5 Å². The lowest BCUT2D eigenvalue weighted by atomic mass is 9.94. The van der Waals surface area contributed by atoms with Crippen LogP contribution in [0, 0.1) is 0 Å². The van der Waals surface area contributed by atoms with Crippen molar-refractivity contribution in [3.05, 3.63) is 89.6 Å². The van der Waals surface area contributed by atoms with Gasteiger partial charge in [-0.3, -0.25) is 9.88 Å². The maximum Gasteiger partial charge on any atom is 0.119 e. The SMILES string of the molecule is COc1cccc(C2c3nc[nH]c3CCN2Cc2ccnc3ccccc23)c1. The van der Waals surface area contributed by atoms with Gasteiger partial charge in [0.2, 0.25) is 0 Å². The number of hydrogen-bond donors (Lipinski definition) is 1. The molecule has 0 saturated heterocycles. The number of methoxy groups -OCH3 is 1. The maximum atomic E-state index is 5.47. The Bertz CT molecular complexity index is 1120. The van der Waals surface area contributed by atoms with Crippen LogP contribution in [-0.2, 0) is 13.0 Å². The minimum Gasteiger partial charge on any atom is -0.497 e. The molecule has 3 heterocycles. The molecule has 0 saturated carbocycles. The van der Waals surface area contributed by atoms with E-state index < -0.39 is 0 Å². The monoisotopic (exact) mass is 370 g/mol. The molecule has 5 nitrogen and oxygen atoms in total. The zero-order valence-electron chi connectivity index (χ0n) is 15.8. The summed E-state index contributed by atoms with van der Waals surface area (Å²) in [5.41, 5.74) is 5.86. The molecule has 0 spiro atoms. The molecule has 0 radical (unpaired) electrons. The minimum absolute atomic E-state index is 0.0945. The number of nitrogens with zero attached hydrogens (tertiary/aromatic N) is 3. The van der Waals surface area contributed by atoms with Gasteiger partial charge in [0.25, 0.3) is 0 Å². The molecule has 5 rings (SSSR count). The Morgan fingerprint density at radius 2 is 2.04 bits per heavy atom. The van der Waals surface area contributed by atoms with E-state index in [0.717, 1.165) is 36.5 Å². The van der Waals surface area contributed by atoms with Crippen LogP contribution < -0.4 is 4.74 Å². The smallest absolute Gasteiger partial charge is 0.119 e. The molecule has 2 aromatic carbocycles. The summed E-state index contributed by atoms with van der Waals surface area (Å²) in [4.78, 5) is 15.0. The number of pyridine rings is 1. The molecular formula is C23H22N4O. The van der Waals surface area contributed by atoms with Crippen LogP contribution in [0.5, 0.6) is 5.75 Å². The molecule has 0 amide bonds. The highest BCUT2D eigenvalue weighted by Crippen LogP contribution is 2.36. The Labute approximate surface area is 164 Å². The van der Waals surface area contributed by atoms with Gasteiger partial charge in [0.05, 0.1) is 30.7 Å². The number of ether oxygens (including phenoxy) is 1. The lowest BCUT2D eigenvalue weighted by Gasteiger charge is -2.35. The standard InChI is InChI=1S/C23H22N4O/c1-28-18-6-4-5-16(13-18)23-22-21(25-15-26-22)10-12-27(23)14-17-9-11-24-20-8-3-2-7-19(17)20/h2-9,11,13,15,23H,10,12,14H2,1H3,(H,25,26). The minimum atomic E-state index is 0.0945. The first-order valence-electron chi connectivity index (χ1n) is 9.56. The fourth-order valence-electron chi connectivity index (χ4n) is 4.19. The van der Waals surface area contributed by atoms with Gasteiger partial charge < -0.3 is 9.72 Å². The highest BCUT2D eigenvalue weighted by atomic mass is 16.5. The molecule has 1 unspecified atom stereocenters. The van der Waals surface area contributed by atoms with Gasteiger partial charge in [0.15, 0.2) is 0 Å². The second kappa shape index (κ2) is 7.09. The summed E-state index contributed by atoms with van der Waals surface area (Å²) in [5, 5.41) is 1.21. The van der Waals surface area contributed by atoms with E-state index in [-0.39, 0.29) is 6.04 Å². The average Bonchev–Trinajstić information content (AvgIpc) is 3.23. The Morgan fingerprint density at radius 1 is 1.11 bits per heavy atom. The predicted molar refractivity (Wildman–Crippen MR) is 109 cm³/mol. The lowest BCUT2D eigenvalue weighted by Crippen LogP contribution is -2.35. The van der Waals surface area contributed by atoms with Crippen LogP contribution in [0.15, 0.2) is 67.1 Å². The van der Waals surface area contributed by atoms with E-state index in [0.29, 0.717) is 0 Å². The van der Waals surface area contributed by atoms with E-state index >= 15 is 0 Å². The van der Waals surface area contributed by atoms with E-state index in [1.165, 1.54) is 22.2 Å². The zero-order valence-corrected chi connectivity index (χ0v) is 15.8. The first kappa shape index (κ1) is 17.0. The highest BCUT2D eigenvalue weighted by Gasteiger charge is 2.31. The van der Waals surface area contributed by atoms with Gasteiger partial charge in [-0.2, -0.15) is 0 Å². The van der Waals surface area contributed by atoms with Crippen LogP contribution in [0.1, 0.15) is 28.6 Å². The average molecular weight is 370 g/mol. The first-order chi connectivity index (χ1) is 13.8. The summed E-state index contributed by atoms with van der Waals surface area (Å²) in [6.07, 6.45) is 4.68. The quantitative estimate of drug-likeness (QED) is 0.587. The van der Waals surface area contributed by atoms with Crippen molar-refractivity contribution < 1.29 is 4.74 Å². The van der Waals surface area contributed by atoms with Crippen molar-refractivity contribution in [2.75, 3.05) is 13.7 Å². The molecule has 1 aliphatic rings. The molecule has 140 valence electrons. The number of rotatable bonds is 4. The number of imidazole rings is 1. The normalized spacial score (nSPS) is 16.8. The lowest BCUT2D eigenvalue weighted by molar-refractivity contribution is 0.200. The largest absolute Gasteiger partial charge is 0.497 e. The van der Waals surface area contributed by atoms with Crippen LogP contribution in [0.2, 0.25) is 0 Å².